The van der Waals surface area contributed by atoms with E-state index < -0.39 is 0 Å². The number of thiazole rings is 1. The summed E-state index contributed by atoms with van der Waals surface area (Å²) in [4.78, 5) is 4.52. The molecule has 0 spiro atoms. The molecule has 0 aliphatic rings. The van der Waals surface area contributed by atoms with Crippen LogP contribution in [0.2, 0.25) is 0 Å². The van der Waals surface area contributed by atoms with Crippen LogP contribution >= 0.6 is 27.3 Å². The lowest BCUT2D eigenvalue weighted by molar-refractivity contribution is 0.790. The molecule has 1 heterocycles. The second-order valence-corrected chi connectivity index (χ2v) is 5.54. The molecule has 0 amide bonds. The minimum atomic E-state index is -0.00103. The first kappa shape index (κ1) is 11.8. The van der Waals surface area contributed by atoms with E-state index in [0.717, 1.165) is 20.7 Å². The van der Waals surface area contributed by atoms with Gasteiger partial charge < -0.3 is 5.73 Å². The van der Waals surface area contributed by atoms with Crippen LogP contribution in [0.3, 0.4) is 0 Å². The molecule has 0 radical (unpaired) electrons. The van der Waals surface area contributed by atoms with Gasteiger partial charge in [-0.1, -0.05) is 28.1 Å². The molecule has 84 valence electrons. The van der Waals surface area contributed by atoms with Crippen molar-refractivity contribution in [1.29, 1.82) is 0 Å². The fourth-order valence-electron chi connectivity index (χ4n) is 1.35. The standard InChI is InChI=1S/C12H13BrN2S/c1-7-3-4-9(5-10(7)13)12-15-11(6-16-12)8(2)14/h3-6,8H,14H2,1-2H3. The summed E-state index contributed by atoms with van der Waals surface area (Å²) in [5.74, 6) is 0. The van der Waals surface area contributed by atoms with Crippen LogP contribution in [0.15, 0.2) is 28.1 Å². The van der Waals surface area contributed by atoms with Gasteiger partial charge in [0.15, 0.2) is 0 Å². The van der Waals surface area contributed by atoms with Crippen molar-refractivity contribution in [3.63, 3.8) is 0 Å². The normalized spacial score (nSPS) is 12.8. The number of halogens is 1. The first-order valence-corrected chi connectivity index (χ1v) is 6.72. The van der Waals surface area contributed by atoms with Crippen LogP contribution in [0.1, 0.15) is 24.2 Å². The molecular formula is C12H13BrN2S. The van der Waals surface area contributed by atoms with Crippen molar-refractivity contribution in [3.05, 3.63) is 39.3 Å². The zero-order valence-electron chi connectivity index (χ0n) is 9.20. The van der Waals surface area contributed by atoms with Crippen LogP contribution < -0.4 is 5.73 Å². The molecule has 2 N–H and O–H groups in total. The molecule has 0 saturated carbocycles. The molecule has 0 fully saturated rings. The lowest BCUT2D eigenvalue weighted by atomic mass is 10.1. The largest absolute Gasteiger partial charge is 0.323 e. The summed E-state index contributed by atoms with van der Waals surface area (Å²) in [6.45, 7) is 4.02. The Kier molecular flexibility index (Phi) is 3.42. The van der Waals surface area contributed by atoms with Gasteiger partial charge >= 0.3 is 0 Å². The van der Waals surface area contributed by atoms with E-state index in [-0.39, 0.29) is 6.04 Å². The van der Waals surface area contributed by atoms with E-state index >= 15 is 0 Å². The van der Waals surface area contributed by atoms with Crippen molar-refractivity contribution in [2.24, 2.45) is 5.73 Å². The quantitative estimate of drug-likeness (QED) is 0.913. The number of hydrogen-bond acceptors (Lipinski definition) is 3. The van der Waals surface area contributed by atoms with Gasteiger partial charge in [0.05, 0.1) is 5.69 Å². The van der Waals surface area contributed by atoms with E-state index in [1.54, 1.807) is 11.3 Å². The Morgan fingerprint density at radius 2 is 2.19 bits per heavy atom. The highest BCUT2D eigenvalue weighted by molar-refractivity contribution is 9.10. The first-order chi connectivity index (χ1) is 7.58. The molecule has 16 heavy (non-hydrogen) atoms. The van der Waals surface area contributed by atoms with E-state index in [1.165, 1.54) is 5.56 Å². The molecule has 2 rings (SSSR count). The second kappa shape index (κ2) is 4.65. The number of nitrogens with two attached hydrogens (primary N) is 1. The maximum Gasteiger partial charge on any atom is 0.123 e. The highest BCUT2D eigenvalue weighted by Gasteiger charge is 2.08. The Labute approximate surface area is 108 Å². The monoisotopic (exact) mass is 296 g/mol. The Bertz CT molecular complexity index is 505. The molecule has 0 saturated heterocycles. The predicted octanol–water partition coefficient (Wildman–Crippen LogP) is 3.90. The van der Waals surface area contributed by atoms with Crippen LogP contribution in [0.5, 0.6) is 0 Å². The maximum absolute atomic E-state index is 5.79. The Hall–Kier alpha value is -0.710. The number of nitrogens with zero attached hydrogens (tertiary/aromatic N) is 1. The van der Waals surface area contributed by atoms with Gasteiger partial charge in [0.1, 0.15) is 5.01 Å². The number of hydrogen-bond donors (Lipinski definition) is 1. The van der Waals surface area contributed by atoms with E-state index in [9.17, 15) is 0 Å². The van der Waals surface area contributed by atoms with E-state index in [4.69, 9.17) is 5.73 Å². The van der Waals surface area contributed by atoms with Crippen molar-refractivity contribution < 1.29 is 0 Å². The lowest BCUT2D eigenvalue weighted by Crippen LogP contribution is -2.04. The number of aryl methyl sites for hydroxylation is 1. The first-order valence-electron chi connectivity index (χ1n) is 5.05. The summed E-state index contributed by atoms with van der Waals surface area (Å²) in [6.07, 6.45) is 0. The zero-order chi connectivity index (χ0) is 11.7. The molecule has 1 aromatic heterocycles. The molecule has 1 aromatic carbocycles. The van der Waals surface area contributed by atoms with Crippen LogP contribution in [0.25, 0.3) is 10.6 Å². The third-order valence-electron chi connectivity index (χ3n) is 2.41. The molecular weight excluding hydrogens is 284 g/mol. The average molecular weight is 297 g/mol. The molecule has 0 aliphatic heterocycles. The summed E-state index contributed by atoms with van der Waals surface area (Å²) in [6, 6.07) is 6.27. The molecule has 4 heteroatoms. The molecule has 1 unspecified atom stereocenters. The van der Waals surface area contributed by atoms with Gasteiger partial charge in [-0.3, -0.25) is 0 Å². The number of benzene rings is 1. The molecule has 1 atom stereocenters. The molecule has 0 aliphatic carbocycles. The summed E-state index contributed by atoms with van der Waals surface area (Å²) in [7, 11) is 0. The summed E-state index contributed by atoms with van der Waals surface area (Å²) in [5, 5.41) is 3.04. The van der Waals surface area contributed by atoms with Gasteiger partial charge in [-0.2, -0.15) is 0 Å². The molecule has 2 aromatic rings. The topological polar surface area (TPSA) is 38.9 Å². The van der Waals surface area contributed by atoms with Crippen molar-refractivity contribution in [1.82, 2.24) is 4.98 Å². The van der Waals surface area contributed by atoms with Crippen LogP contribution in [-0.4, -0.2) is 4.98 Å². The van der Waals surface area contributed by atoms with Gasteiger partial charge in [-0.05, 0) is 25.5 Å². The van der Waals surface area contributed by atoms with Crippen molar-refractivity contribution in [2.75, 3.05) is 0 Å². The highest BCUT2D eigenvalue weighted by Crippen LogP contribution is 2.29. The number of aromatic nitrogens is 1. The summed E-state index contributed by atoms with van der Waals surface area (Å²) < 4.78 is 1.11. The smallest absolute Gasteiger partial charge is 0.123 e. The minimum Gasteiger partial charge on any atom is -0.323 e. The predicted molar refractivity (Wildman–Crippen MR) is 72.6 cm³/mol. The SMILES string of the molecule is Cc1ccc(-c2nc(C(C)N)cs2)cc1Br. The van der Waals surface area contributed by atoms with E-state index in [1.807, 2.05) is 12.3 Å². The Morgan fingerprint density at radius 3 is 2.75 bits per heavy atom. The van der Waals surface area contributed by atoms with E-state index in [0.29, 0.717) is 0 Å². The lowest BCUT2D eigenvalue weighted by Gasteiger charge is -2.01. The highest BCUT2D eigenvalue weighted by atomic mass is 79.9. The van der Waals surface area contributed by atoms with Crippen LogP contribution in [0, 0.1) is 6.92 Å². The summed E-state index contributed by atoms with van der Waals surface area (Å²) in [5.41, 5.74) is 9.11. The fourth-order valence-corrected chi connectivity index (χ4v) is 2.65. The Morgan fingerprint density at radius 1 is 1.44 bits per heavy atom. The Balaban J connectivity index is 2.39. The van der Waals surface area contributed by atoms with Gasteiger partial charge in [0.25, 0.3) is 0 Å². The molecule has 2 nitrogen and oxygen atoms in total. The number of rotatable bonds is 2. The van der Waals surface area contributed by atoms with Gasteiger partial charge in [0.2, 0.25) is 0 Å². The van der Waals surface area contributed by atoms with E-state index in [2.05, 4.69) is 46.0 Å². The maximum atomic E-state index is 5.79. The van der Waals surface area contributed by atoms with Gasteiger partial charge in [0, 0.05) is 21.5 Å². The van der Waals surface area contributed by atoms with Gasteiger partial charge in [-0.25, -0.2) is 4.98 Å². The molecule has 0 bridgehead atoms. The minimum absolute atomic E-state index is 0.00103. The average Bonchev–Trinajstić information content (AvgIpc) is 2.71. The van der Waals surface area contributed by atoms with Crippen molar-refractivity contribution in [3.8, 4) is 10.6 Å². The second-order valence-electron chi connectivity index (χ2n) is 3.83. The zero-order valence-corrected chi connectivity index (χ0v) is 11.6. The fraction of sp³-hybridized carbons (Fsp3) is 0.250. The van der Waals surface area contributed by atoms with Gasteiger partial charge in [-0.15, -0.1) is 11.3 Å². The van der Waals surface area contributed by atoms with Crippen molar-refractivity contribution >= 4 is 27.3 Å². The van der Waals surface area contributed by atoms with Crippen LogP contribution in [-0.2, 0) is 0 Å². The summed E-state index contributed by atoms with van der Waals surface area (Å²) >= 11 is 5.16. The third-order valence-corrected chi connectivity index (χ3v) is 4.17. The van der Waals surface area contributed by atoms with Crippen molar-refractivity contribution in [2.45, 2.75) is 19.9 Å². The third kappa shape index (κ3) is 2.34. The van der Waals surface area contributed by atoms with Crippen LogP contribution in [0.4, 0.5) is 0 Å².